The molecule has 0 saturated carbocycles. The maximum Gasteiger partial charge on any atom is 0.164 e. The third-order valence-electron chi connectivity index (χ3n) is 14.8. The van der Waals surface area contributed by atoms with Crippen LogP contribution in [-0.2, 0) is 0 Å². The summed E-state index contributed by atoms with van der Waals surface area (Å²) < 4.78 is 0. The summed E-state index contributed by atoms with van der Waals surface area (Å²) in [5.74, 6) is 2.99. The molecule has 0 aliphatic rings. The van der Waals surface area contributed by atoms with Gasteiger partial charge in [-0.1, -0.05) is 267 Å². The van der Waals surface area contributed by atoms with Gasteiger partial charge < -0.3 is 0 Å². The van der Waals surface area contributed by atoms with Gasteiger partial charge in [-0.25, -0.2) is 34.9 Å². The minimum absolute atomic E-state index is 0.572. The summed E-state index contributed by atoms with van der Waals surface area (Å²) in [5, 5.41) is 0.910. The lowest BCUT2D eigenvalue weighted by molar-refractivity contribution is 1.07. The van der Waals surface area contributed by atoms with E-state index in [4.69, 9.17) is 34.9 Å². The van der Waals surface area contributed by atoms with E-state index in [0.717, 1.165) is 117 Å². The largest absolute Gasteiger partial charge is 0.228 e. The summed E-state index contributed by atoms with van der Waals surface area (Å²) in [5.41, 5.74) is 19.3. The lowest BCUT2D eigenvalue weighted by Crippen LogP contribution is -2.00. The summed E-state index contributed by atoms with van der Waals surface area (Å²) in [6, 6.07) is 103. The van der Waals surface area contributed by atoms with E-state index < -0.39 is 0 Å². The molecule has 14 aromatic rings. The Bertz CT molecular complexity index is 4450. The van der Waals surface area contributed by atoms with Gasteiger partial charge in [-0.2, -0.15) is 0 Å². The van der Waals surface area contributed by atoms with E-state index in [-0.39, 0.29) is 0 Å². The predicted octanol–water partition coefficient (Wildman–Crippen LogP) is 18.6. The van der Waals surface area contributed by atoms with Gasteiger partial charge in [0.2, 0.25) is 0 Å². The summed E-state index contributed by atoms with van der Waals surface area (Å²) in [7, 11) is 0. The van der Waals surface area contributed by atoms with Crippen LogP contribution in [0.25, 0.3) is 146 Å². The van der Waals surface area contributed by atoms with Gasteiger partial charge in [0.15, 0.2) is 29.1 Å². The molecule has 7 heteroatoms. The molecule has 7 nitrogen and oxygen atoms in total. The number of aromatic nitrogens is 7. The van der Waals surface area contributed by atoms with Crippen molar-refractivity contribution in [1.29, 1.82) is 0 Å². The fraction of sp³-hybridized carbons (Fsp3) is 0. The molecule has 0 amide bonds. The molecule has 0 atom stereocenters. The Morgan fingerprint density at radius 2 is 0.488 bits per heavy atom. The Morgan fingerprint density at radius 1 is 0.171 bits per heavy atom. The lowest BCUT2D eigenvalue weighted by atomic mass is 9.91. The number of benzene rings is 11. The van der Waals surface area contributed by atoms with Gasteiger partial charge in [0.05, 0.1) is 22.6 Å². The van der Waals surface area contributed by atoms with Crippen molar-refractivity contribution in [2.75, 3.05) is 0 Å². The molecule has 0 N–H and O–H groups in total. The molecule has 82 heavy (non-hydrogen) atoms. The van der Waals surface area contributed by atoms with E-state index in [1.807, 2.05) is 97.1 Å². The van der Waals surface area contributed by atoms with E-state index in [9.17, 15) is 0 Å². The number of nitrogens with zero attached hydrogens (tertiary/aromatic N) is 7. The number of rotatable bonds is 12. The second-order valence-electron chi connectivity index (χ2n) is 20.1. The fourth-order valence-corrected chi connectivity index (χ4v) is 10.5. The molecule has 14 rings (SSSR count). The zero-order valence-electron chi connectivity index (χ0n) is 44.4. The van der Waals surface area contributed by atoms with Crippen LogP contribution in [0.3, 0.4) is 0 Å². The zero-order chi connectivity index (χ0) is 54.6. The Hall–Kier alpha value is -11.2. The van der Waals surface area contributed by atoms with Gasteiger partial charge in [-0.3, -0.25) is 0 Å². The summed E-state index contributed by atoms with van der Waals surface area (Å²) in [6.45, 7) is 0. The first-order valence-electron chi connectivity index (χ1n) is 27.4. The molecule has 0 aliphatic heterocycles. The third kappa shape index (κ3) is 10.1. The van der Waals surface area contributed by atoms with Gasteiger partial charge in [0.1, 0.15) is 0 Å². The average molecular weight is 1050 g/mol. The quantitative estimate of drug-likeness (QED) is 0.120. The second kappa shape index (κ2) is 21.9. The van der Waals surface area contributed by atoms with Gasteiger partial charge in [-0.15, -0.1) is 0 Å². The standard InChI is InChI=1S/C75H49N7/c1-7-21-50(22-8-1)60-33-19-35-62(45-60)64-47-65(63-36-20-34-61(46-63)51-23-9-2-10-24-51)70-66(48-64)69(54-37-39-59(40-38-54)75-81-73(55-29-15-5-16-30-55)80-74(82-75)56-31-17-6-18-32-56)78-72(79-70)58-43-41-57(42-44-58)71-76-67(52-25-11-3-12-26-52)49-68(77-71)53-27-13-4-14-28-53/h1-49H. The molecule has 3 heterocycles. The Balaban J connectivity index is 0.957. The van der Waals surface area contributed by atoms with Crippen molar-refractivity contribution in [3.8, 4) is 135 Å². The van der Waals surface area contributed by atoms with Crippen molar-refractivity contribution in [1.82, 2.24) is 34.9 Å². The zero-order valence-corrected chi connectivity index (χ0v) is 44.4. The van der Waals surface area contributed by atoms with Crippen LogP contribution in [-0.4, -0.2) is 34.9 Å². The first-order chi connectivity index (χ1) is 40.6. The minimum Gasteiger partial charge on any atom is -0.228 e. The smallest absolute Gasteiger partial charge is 0.164 e. The van der Waals surface area contributed by atoms with Gasteiger partial charge in [-0.05, 0) is 69.3 Å². The Kier molecular flexibility index (Phi) is 13.2. The number of hydrogen-bond donors (Lipinski definition) is 0. The lowest BCUT2D eigenvalue weighted by Gasteiger charge is -2.17. The summed E-state index contributed by atoms with van der Waals surface area (Å²) in [6.07, 6.45) is 0. The summed E-state index contributed by atoms with van der Waals surface area (Å²) >= 11 is 0. The molecular formula is C75H49N7. The van der Waals surface area contributed by atoms with Crippen LogP contribution >= 0.6 is 0 Å². The Labute approximate surface area is 475 Å². The molecule has 0 radical (unpaired) electrons. The van der Waals surface area contributed by atoms with Gasteiger partial charge >= 0.3 is 0 Å². The SMILES string of the molecule is c1ccc(-c2cccc(-c3cc(-c4cccc(-c5ccccc5)c4)c4nc(-c5ccc(-c6nc(-c7ccccc7)cc(-c7ccccc7)n6)cc5)nc(-c5ccc(-c6nc(-c7ccccc7)nc(-c7ccccc7)n6)cc5)c4c3)c2)cc1. The van der Waals surface area contributed by atoms with Gasteiger partial charge in [0, 0.05) is 55.5 Å². The predicted molar refractivity (Wildman–Crippen MR) is 334 cm³/mol. The number of fused-ring (bicyclic) bond motifs is 1. The van der Waals surface area contributed by atoms with Crippen molar-refractivity contribution in [3.05, 3.63) is 297 Å². The van der Waals surface area contributed by atoms with E-state index in [1.165, 1.54) is 0 Å². The molecule has 0 unspecified atom stereocenters. The maximum atomic E-state index is 5.59. The van der Waals surface area contributed by atoms with E-state index in [2.05, 4.69) is 200 Å². The molecule has 0 bridgehead atoms. The highest BCUT2D eigenvalue weighted by molar-refractivity contribution is 6.05. The van der Waals surface area contributed by atoms with Crippen LogP contribution in [0, 0.1) is 0 Å². The highest BCUT2D eigenvalue weighted by Gasteiger charge is 2.21. The van der Waals surface area contributed by atoms with Crippen molar-refractivity contribution in [2.24, 2.45) is 0 Å². The highest BCUT2D eigenvalue weighted by Crippen LogP contribution is 2.41. The van der Waals surface area contributed by atoms with Crippen LogP contribution in [0.1, 0.15) is 0 Å². The molecule has 384 valence electrons. The van der Waals surface area contributed by atoms with Crippen LogP contribution in [0.5, 0.6) is 0 Å². The fourth-order valence-electron chi connectivity index (χ4n) is 10.5. The second-order valence-corrected chi connectivity index (χ2v) is 20.1. The molecule has 11 aromatic carbocycles. The molecule has 0 fully saturated rings. The van der Waals surface area contributed by atoms with Crippen molar-refractivity contribution >= 4 is 10.9 Å². The first-order valence-corrected chi connectivity index (χ1v) is 27.4. The van der Waals surface area contributed by atoms with Gasteiger partial charge in [0.25, 0.3) is 0 Å². The molecule has 0 saturated heterocycles. The topological polar surface area (TPSA) is 90.2 Å². The molecule has 0 aliphatic carbocycles. The Morgan fingerprint density at radius 3 is 0.927 bits per heavy atom. The van der Waals surface area contributed by atoms with Crippen LogP contribution < -0.4 is 0 Å². The normalized spacial score (nSPS) is 11.2. The first kappa shape index (κ1) is 49.2. The van der Waals surface area contributed by atoms with E-state index in [1.54, 1.807) is 0 Å². The van der Waals surface area contributed by atoms with Crippen molar-refractivity contribution < 1.29 is 0 Å². The van der Waals surface area contributed by atoms with E-state index >= 15 is 0 Å². The van der Waals surface area contributed by atoms with Crippen molar-refractivity contribution in [3.63, 3.8) is 0 Å². The van der Waals surface area contributed by atoms with Crippen LogP contribution in [0.15, 0.2) is 297 Å². The monoisotopic (exact) mass is 1050 g/mol. The minimum atomic E-state index is 0.572. The highest BCUT2D eigenvalue weighted by atomic mass is 15.0. The molecule has 0 spiro atoms. The van der Waals surface area contributed by atoms with E-state index in [0.29, 0.717) is 29.1 Å². The molecule has 3 aromatic heterocycles. The van der Waals surface area contributed by atoms with Crippen LogP contribution in [0.4, 0.5) is 0 Å². The molecular weight excluding hydrogens is 999 g/mol. The third-order valence-corrected chi connectivity index (χ3v) is 14.8. The average Bonchev–Trinajstić information content (AvgIpc) is 3.67. The summed E-state index contributed by atoms with van der Waals surface area (Å²) in [4.78, 5) is 36.5. The number of hydrogen-bond acceptors (Lipinski definition) is 7. The van der Waals surface area contributed by atoms with Crippen molar-refractivity contribution in [2.45, 2.75) is 0 Å². The maximum absolute atomic E-state index is 5.59. The van der Waals surface area contributed by atoms with Crippen LogP contribution in [0.2, 0.25) is 0 Å².